The molecule has 1 aliphatic carbocycles. The maximum atomic E-state index is 3.53. The fraction of sp³-hybridized carbons (Fsp3) is 0.600. The van der Waals surface area contributed by atoms with Crippen LogP contribution in [0.3, 0.4) is 0 Å². The first-order chi connectivity index (χ1) is 8.34. The van der Waals surface area contributed by atoms with Gasteiger partial charge in [-0.3, -0.25) is 0 Å². The first kappa shape index (κ1) is 13.5. The Kier molecular flexibility index (Phi) is 5.93. The molecule has 2 rings (SSSR count). The van der Waals surface area contributed by atoms with Gasteiger partial charge in [-0.2, -0.15) is 0 Å². The second-order valence-electron chi connectivity index (χ2n) is 4.95. The number of halogens is 1. The molecular weight excluding hydrogens is 292 g/mol. The normalized spacial score (nSPS) is 17.9. The molecule has 2 heteroatoms. The van der Waals surface area contributed by atoms with E-state index < -0.39 is 0 Å². The van der Waals surface area contributed by atoms with Gasteiger partial charge in [-0.05, 0) is 36.3 Å². The lowest BCUT2D eigenvalue weighted by atomic mass is 9.98. The summed E-state index contributed by atoms with van der Waals surface area (Å²) < 4.78 is 1.19. The number of hydrogen-bond acceptors (Lipinski definition) is 1. The Balaban J connectivity index is 1.71. The van der Waals surface area contributed by atoms with Crippen LogP contribution >= 0.6 is 27.7 Å². The number of benzene rings is 1. The largest absolute Gasteiger partial charge is 0.126 e. The SMILES string of the molecule is Brc1cccc(SCCC2CCCCCC2)c1. The Morgan fingerprint density at radius 2 is 1.88 bits per heavy atom. The predicted octanol–water partition coefficient (Wildman–Crippen LogP) is 5.90. The fourth-order valence-corrected chi connectivity index (χ4v) is 4.18. The van der Waals surface area contributed by atoms with Crippen LogP contribution in [0.2, 0.25) is 0 Å². The highest BCUT2D eigenvalue weighted by Gasteiger charge is 2.11. The Hall–Kier alpha value is 0.0500. The molecule has 1 aromatic rings. The highest BCUT2D eigenvalue weighted by atomic mass is 79.9. The van der Waals surface area contributed by atoms with E-state index in [0.717, 1.165) is 5.92 Å². The standard InChI is InChI=1S/C15H21BrS/c16-14-8-5-9-15(12-14)17-11-10-13-6-3-1-2-4-7-13/h5,8-9,12-13H,1-4,6-7,10-11H2. The molecule has 1 saturated carbocycles. The van der Waals surface area contributed by atoms with Crippen molar-refractivity contribution in [3.05, 3.63) is 28.7 Å². The van der Waals surface area contributed by atoms with Gasteiger partial charge in [0.2, 0.25) is 0 Å². The molecule has 1 fully saturated rings. The molecule has 17 heavy (non-hydrogen) atoms. The van der Waals surface area contributed by atoms with Gasteiger partial charge in [0.25, 0.3) is 0 Å². The molecule has 0 aromatic heterocycles. The number of hydrogen-bond donors (Lipinski definition) is 0. The minimum atomic E-state index is 0.997. The van der Waals surface area contributed by atoms with Crippen molar-refractivity contribution >= 4 is 27.7 Å². The minimum absolute atomic E-state index is 0.997. The van der Waals surface area contributed by atoms with Crippen LogP contribution in [-0.2, 0) is 0 Å². The van der Waals surface area contributed by atoms with E-state index in [1.165, 1.54) is 60.1 Å². The molecule has 1 aliphatic rings. The van der Waals surface area contributed by atoms with Crippen LogP contribution in [0.25, 0.3) is 0 Å². The van der Waals surface area contributed by atoms with E-state index in [4.69, 9.17) is 0 Å². The first-order valence-corrected chi connectivity index (χ1v) is 8.51. The fourth-order valence-electron chi connectivity index (χ4n) is 2.55. The summed E-state index contributed by atoms with van der Waals surface area (Å²) >= 11 is 5.53. The van der Waals surface area contributed by atoms with E-state index >= 15 is 0 Å². The van der Waals surface area contributed by atoms with E-state index in [1.807, 2.05) is 11.8 Å². The van der Waals surface area contributed by atoms with Crippen LogP contribution in [-0.4, -0.2) is 5.75 Å². The zero-order valence-corrected chi connectivity index (χ0v) is 12.7. The van der Waals surface area contributed by atoms with Crippen LogP contribution in [0.15, 0.2) is 33.6 Å². The van der Waals surface area contributed by atoms with Crippen molar-refractivity contribution in [2.24, 2.45) is 5.92 Å². The van der Waals surface area contributed by atoms with Crippen LogP contribution in [0.5, 0.6) is 0 Å². The molecule has 0 heterocycles. The van der Waals surface area contributed by atoms with Gasteiger partial charge in [-0.1, -0.05) is 60.5 Å². The van der Waals surface area contributed by atoms with E-state index in [1.54, 1.807) is 0 Å². The molecular formula is C15H21BrS. The monoisotopic (exact) mass is 312 g/mol. The molecule has 0 saturated heterocycles. The van der Waals surface area contributed by atoms with Gasteiger partial charge in [0, 0.05) is 9.37 Å². The van der Waals surface area contributed by atoms with E-state index in [0.29, 0.717) is 0 Å². The van der Waals surface area contributed by atoms with Gasteiger partial charge >= 0.3 is 0 Å². The molecule has 0 spiro atoms. The molecule has 0 amide bonds. The molecule has 0 nitrogen and oxygen atoms in total. The number of thioether (sulfide) groups is 1. The Labute approximate surface area is 118 Å². The number of rotatable bonds is 4. The third-order valence-electron chi connectivity index (χ3n) is 3.57. The average Bonchev–Trinajstić information content (AvgIpc) is 2.58. The summed E-state index contributed by atoms with van der Waals surface area (Å²) in [6.45, 7) is 0. The van der Waals surface area contributed by atoms with E-state index in [2.05, 4.69) is 40.2 Å². The van der Waals surface area contributed by atoms with Crippen molar-refractivity contribution in [3.8, 4) is 0 Å². The van der Waals surface area contributed by atoms with Gasteiger partial charge < -0.3 is 0 Å². The van der Waals surface area contributed by atoms with Crippen molar-refractivity contribution in [2.45, 2.75) is 49.8 Å². The van der Waals surface area contributed by atoms with Crippen molar-refractivity contribution in [1.29, 1.82) is 0 Å². The smallest absolute Gasteiger partial charge is 0.0186 e. The highest BCUT2D eigenvalue weighted by Crippen LogP contribution is 2.29. The summed E-state index contributed by atoms with van der Waals surface area (Å²) in [6, 6.07) is 8.65. The topological polar surface area (TPSA) is 0 Å². The average molecular weight is 313 g/mol. The summed E-state index contributed by atoms with van der Waals surface area (Å²) in [7, 11) is 0. The summed E-state index contributed by atoms with van der Waals surface area (Å²) in [5.74, 6) is 2.28. The van der Waals surface area contributed by atoms with Crippen LogP contribution in [0.4, 0.5) is 0 Å². The molecule has 0 unspecified atom stereocenters. The summed E-state index contributed by atoms with van der Waals surface area (Å²) in [4.78, 5) is 1.40. The molecule has 94 valence electrons. The highest BCUT2D eigenvalue weighted by molar-refractivity contribution is 9.10. The molecule has 0 bridgehead atoms. The van der Waals surface area contributed by atoms with Crippen LogP contribution < -0.4 is 0 Å². The molecule has 0 aliphatic heterocycles. The lowest BCUT2D eigenvalue weighted by molar-refractivity contribution is 0.450. The van der Waals surface area contributed by atoms with Crippen LogP contribution in [0, 0.1) is 5.92 Å². The van der Waals surface area contributed by atoms with Gasteiger partial charge in [-0.15, -0.1) is 11.8 Å². The second-order valence-corrected chi connectivity index (χ2v) is 7.04. The lowest BCUT2D eigenvalue weighted by Gasteiger charge is -2.13. The predicted molar refractivity (Wildman–Crippen MR) is 80.7 cm³/mol. The Morgan fingerprint density at radius 1 is 1.12 bits per heavy atom. The molecule has 0 radical (unpaired) electrons. The Bertz CT molecular complexity index is 329. The first-order valence-electron chi connectivity index (χ1n) is 6.73. The molecule has 1 aromatic carbocycles. The maximum Gasteiger partial charge on any atom is 0.0186 e. The lowest BCUT2D eigenvalue weighted by Crippen LogP contribution is -1.99. The third kappa shape index (κ3) is 5.05. The van der Waals surface area contributed by atoms with Crippen molar-refractivity contribution < 1.29 is 0 Å². The second kappa shape index (κ2) is 7.48. The minimum Gasteiger partial charge on any atom is -0.126 e. The van der Waals surface area contributed by atoms with Gasteiger partial charge in [0.05, 0.1) is 0 Å². The van der Waals surface area contributed by atoms with E-state index in [-0.39, 0.29) is 0 Å². The van der Waals surface area contributed by atoms with Gasteiger partial charge in [0.15, 0.2) is 0 Å². The van der Waals surface area contributed by atoms with E-state index in [9.17, 15) is 0 Å². The van der Waals surface area contributed by atoms with Crippen molar-refractivity contribution in [2.75, 3.05) is 5.75 Å². The van der Waals surface area contributed by atoms with Crippen molar-refractivity contribution in [3.63, 3.8) is 0 Å². The third-order valence-corrected chi connectivity index (χ3v) is 5.09. The quantitative estimate of drug-likeness (QED) is 0.492. The Morgan fingerprint density at radius 3 is 2.59 bits per heavy atom. The zero-order chi connectivity index (χ0) is 11.9. The summed E-state index contributed by atoms with van der Waals surface area (Å²) in [5, 5.41) is 0. The maximum absolute atomic E-state index is 3.53. The van der Waals surface area contributed by atoms with Gasteiger partial charge in [0.1, 0.15) is 0 Å². The van der Waals surface area contributed by atoms with Crippen LogP contribution in [0.1, 0.15) is 44.9 Å². The van der Waals surface area contributed by atoms with Gasteiger partial charge in [-0.25, -0.2) is 0 Å². The molecule has 0 N–H and O–H groups in total. The van der Waals surface area contributed by atoms with Crippen molar-refractivity contribution in [1.82, 2.24) is 0 Å². The summed E-state index contributed by atoms with van der Waals surface area (Å²) in [5.41, 5.74) is 0. The summed E-state index contributed by atoms with van der Waals surface area (Å²) in [6.07, 6.45) is 10.2. The zero-order valence-electron chi connectivity index (χ0n) is 10.3. The molecule has 0 atom stereocenters.